The van der Waals surface area contributed by atoms with Gasteiger partial charge in [-0.05, 0) is 47.9 Å². The molecule has 1 amide bonds. The van der Waals surface area contributed by atoms with Gasteiger partial charge in [-0.2, -0.15) is 0 Å². The smallest absolute Gasteiger partial charge is 0.263 e. The molecule has 2 N–H and O–H groups in total. The van der Waals surface area contributed by atoms with E-state index >= 15 is 0 Å². The highest BCUT2D eigenvalue weighted by Crippen LogP contribution is 2.30. The van der Waals surface area contributed by atoms with Crippen LogP contribution in [-0.2, 0) is 14.8 Å². The van der Waals surface area contributed by atoms with Gasteiger partial charge < -0.3 is 10.1 Å². The Kier molecular flexibility index (Phi) is 6.58. The SMILES string of the molecule is COc1ccccc1NS(=O)(=O)c1cc(NC(=O)/C=C/c2cccs2)ccc1Cl. The third-order valence-electron chi connectivity index (χ3n) is 3.78. The van der Waals surface area contributed by atoms with Crippen molar-refractivity contribution in [1.82, 2.24) is 0 Å². The minimum Gasteiger partial charge on any atom is -0.495 e. The molecule has 0 bridgehead atoms. The van der Waals surface area contributed by atoms with Crippen LogP contribution in [0.5, 0.6) is 5.75 Å². The van der Waals surface area contributed by atoms with Crippen molar-refractivity contribution in [3.63, 3.8) is 0 Å². The molecule has 0 saturated carbocycles. The summed E-state index contributed by atoms with van der Waals surface area (Å²) in [6, 6.07) is 14.6. The van der Waals surface area contributed by atoms with Crippen LogP contribution in [0.25, 0.3) is 6.08 Å². The van der Waals surface area contributed by atoms with Gasteiger partial charge >= 0.3 is 0 Å². The van der Waals surface area contributed by atoms with E-state index in [0.29, 0.717) is 11.4 Å². The van der Waals surface area contributed by atoms with E-state index in [9.17, 15) is 13.2 Å². The minimum atomic E-state index is -4.01. The highest BCUT2D eigenvalue weighted by Gasteiger charge is 2.20. The number of ether oxygens (including phenoxy) is 1. The van der Waals surface area contributed by atoms with Gasteiger partial charge in [-0.25, -0.2) is 8.42 Å². The van der Waals surface area contributed by atoms with Crippen molar-refractivity contribution in [2.45, 2.75) is 4.90 Å². The molecule has 0 aliphatic heterocycles. The van der Waals surface area contributed by atoms with E-state index in [2.05, 4.69) is 10.0 Å². The molecule has 9 heteroatoms. The summed E-state index contributed by atoms with van der Waals surface area (Å²) in [4.78, 5) is 12.9. The van der Waals surface area contributed by atoms with Gasteiger partial charge in [0.1, 0.15) is 10.6 Å². The van der Waals surface area contributed by atoms with Gasteiger partial charge in [-0.3, -0.25) is 9.52 Å². The first-order chi connectivity index (χ1) is 13.9. The Labute approximate surface area is 177 Å². The summed E-state index contributed by atoms with van der Waals surface area (Å²) in [6.45, 7) is 0. The topological polar surface area (TPSA) is 84.5 Å². The van der Waals surface area contributed by atoms with Crippen molar-refractivity contribution < 1.29 is 17.9 Å². The predicted octanol–water partition coefficient (Wildman–Crippen LogP) is 4.86. The molecule has 1 aromatic heterocycles. The zero-order valence-corrected chi connectivity index (χ0v) is 17.6. The zero-order chi connectivity index (χ0) is 20.9. The predicted molar refractivity (Wildman–Crippen MR) is 117 cm³/mol. The van der Waals surface area contributed by atoms with E-state index in [4.69, 9.17) is 16.3 Å². The quantitative estimate of drug-likeness (QED) is 0.505. The van der Waals surface area contributed by atoms with Crippen molar-refractivity contribution >= 4 is 56.3 Å². The van der Waals surface area contributed by atoms with Crippen LogP contribution in [0.3, 0.4) is 0 Å². The van der Waals surface area contributed by atoms with Gasteiger partial charge in [0.25, 0.3) is 10.0 Å². The Hall–Kier alpha value is -2.81. The number of thiophene rings is 1. The highest BCUT2D eigenvalue weighted by molar-refractivity contribution is 7.92. The number of nitrogens with one attached hydrogen (secondary N) is 2. The van der Waals surface area contributed by atoms with Crippen molar-refractivity contribution in [3.8, 4) is 5.75 Å². The van der Waals surface area contributed by atoms with Crippen LogP contribution in [0.1, 0.15) is 4.88 Å². The Morgan fingerprint density at radius 2 is 1.93 bits per heavy atom. The molecule has 1 heterocycles. The van der Waals surface area contributed by atoms with Gasteiger partial charge in [0.2, 0.25) is 5.91 Å². The fraction of sp³-hybridized carbons (Fsp3) is 0.0500. The molecule has 0 aliphatic rings. The number of amides is 1. The molecule has 0 radical (unpaired) electrons. The van der Waals surface area contributed by atoms with Crippen LogP contribution in [0.4, 0.5) is 11.4 Å². The first kappa shape index (κ1) is 20.9. The summed E-state index contributed by atoms with van der Waals surface area (Å²) in [7, 11) is -2.57. The molecule has 0 atom stereocenters. The number of benzene rings is 2. The highest BCUT2D eigenvalue weighted by atomic mass is 35.5. The molecule has 0 spiro atoms. The first-order valence-electron chi connectivity index (χ1n) is 8.37. The molecule has 0 unspecified atom stereocenters. The van der Waals surface area contributed by atoms with E-state index < -0.39 is 10.0 Å². The second-order valence-electron chi connectivity index (χ2n) is 5.79. The van der Waals surface area contributed by atoms with E-state index in [1.54, 1.807) is 30.3 Å². The van der Waals surface area contributed by atoms with Crippen LogP contribution in [-0.4, -0.2) is 21.4 Å². The molecular weight excluding hydrogens is 432 g/mol. The average molecular weight is 449 g/mol. The Morgan fingerprint density at radius 1 is 1.14 bits per heavy atom. The summed E-state index contributed by atoms with van der Waals surface area (Å²) >= 11 is 7.61. The van der Waals surface area contributed by atoms with Gasteiger partial charge in [-0.15, -0.1) is 11.3 Å². The molecule has 2 aromatic carbocycles. The molecule has 0 fully saturated rings. The number of hydrogen-bond acceptors (Lipinski definition) is 5. The van der Waals surface area contributed by atoms with E-state index in [1.165, 1.54) is 42.7 Å². The maximum absolute atomic E-state index is 12.8. The van der Waals surface area contributed by atoms with Crippen LogP contribution < -0.4 is 14.8 Å². The molecule has 29 heavy (non-hydrogen) atoms. The number of para-hydroxylation sites is 2. The number of hydrogen-bond donors (Lipinski definition) is 2. The van der Waals surface area contributed by atoms with Crippen molar-refractivity contribution in [2.75, 3.05) is 17.1 Å². The van der Waals surface area contributed by atoms with Gasteiger partial charge in [0.15, 0.2) is 0 Å². The third-order valence-corrected chi connectivity index (χ3v) is 6.47. The number of halogens is 1. The Morgan fingerprint density at radius 3 is 2.66 bits per heavy atom. The molecule has 0 aliphatic carbocycles. The number of carbonyl (C=O) groups is 1. The number of carbonyl (C=O) groups excluding carboxylic acids is 1. The van der Waals surface area contributed by atoms with Crippen LogP contribution in [0, 0.1) is 0 Å². The maximum atomic E-state index is 12.8. The molecular formula is C20H17ClN2O4S2. The number of sulfonamides is 1. The lowest BCUT2D eigenvalue weighted by Crippen LogP contribution is -2.15. The van der Waals surface area contributed by atoms with Crippen molar-refractivity contribution in [3.05, 3.63) is 76.0 Å². The fourth-order valence-corrected chi connectivity index (χ4v) is 4.66. The molecule has 6 nitrogen and oxygen atoms in total. The standard InChI is InChI=1S/C20H17ClN2O4S2/c1-27-18-7-3-2-6-17(18)23-29(25,26)19-13-14(8-10-16(19)21)22-20(24)11-9-15-5-4-12-28-15/h2-13,23H,1H3,(H,22,24)/b11-9+. The maximum Gasteiger partial charge on any atom is 0.263 e. The lowest BCUT2D eigenvalue weighted by atomic mass is 10.3. The number of anilines is 2. The summed E-state index contributed by atoms with van der Waals surface area (Å²) < 4.78 is 33.3. The number of rotatable bonds is 7. The summed E-state index contributed by atoms with van der Waals surface area (Å²) in [5.74, 6) is -0.0165. The lowest BCUT2D eigenvalue weighted by Gasteiger charge is -2.13. The Balaban J connectivity index is 1.81. The van der Waals surface area contributed by atoms with Crippen LogP contribution >= 0.6 is 22.9 Å². The normalized spacial score (nSPS) is 11.4. The van der Waals surface area contributed by atoms with Gasteiger partial charge in [-0.1, -0.05) is 29.8 Å². The third kappa shape index (κ3) is 5.38. The monoisotopic (exact) mass is 448 g/mol. The molecule has 150 valence electrons. The molecule has 3 rings (SSSR count). The van der Waals surface area contributed by atoms with Crippen molar-refractivity contribution in [1.29, 1.82) is 0 Å². The average Bonchev–Trinajstić information content (AvgIpc) is 3.21. The summed E-state index contributed by atoms with van der Waals surface area (Å²) in [5.41, 5.74) is 0.579. The Bertz CT molecular complexity index is 1140. The van der Waals surface area contributed by atoms with E-state index in [-0.39, 0.29) is 21.5 Å². The fourth-order valence-electron chi connectivity index (χ4n) is 2.44. The summed E-state index contributed by atoms with van der Waals surface area (Å²) in [5, 5.41) is 4.57. The second kappa shape index (κ2) is 9.13. The molecule has 0 saturated heterocycles. The van der Waals surface area contributed by atoms with Crippen molar-refractivity contribution in [2.24, 2.45) is 0 Å². The van der Waals surface area contributed by atoms with Crippen LogP contribution in [0.2, 0.25) is 5.02 Å². The lowest BCUT2D eigenvalue weighted by molar-refractivity contribution is -0.111. The second-order valence-corrected chi connectivity index (χ2v) is 8.83. The van der Waals surface area contributed by atoms with E-state index in [0.717, 1.165) is 4.88 Å². The minimum absolute atomic E-state index is 0.0273. The first-order valence-corrected chi connectivity index (χ1v) is 11.1. The zero-order valence-electron chi connectivity index (χ0n) is 15.3. The van der Waals surface area contributed by atoms with Gasteiger partial charge in [0, 0.05) is 16.6 Å². The largest absolute Gasteiger partial charge is 0.495 e. The van der Waals surface area contributed by atoms with Gasteiger partial charge in [0.05, 0.1) is 17.8 Å². The molecule has 3 aromatic rings. The van der Waals surface area contributed by atoms with E-state index in [1.807, 2.05) is 17.5 Å². The summed E-state index contributed by atoms with van der Waals surface area (Å²) in [6.07, 6.45) is 3.05. The number of methoxy groups -OCH3 is 1. The van der Waals surface area contributed by atoms with Crippen LogP contribution in [0.15, 0.2) is 70.9 Å².